The molecule has 0 radical (unpaired) electrons. The summed E-state index contributed by atoms with van der Waals surface area (Å²) < 4.78 is 24.7. The molecule has 0 aliphatic rings. The number of aryl methyl sites for hydroxylation is 1. The number of nitrogens with zero attached hydrogens (tertiary/aromatic N) is 2. The normalized spacial score (nSPS) is 10.7. The highest BCUT2D eigenvalue weighted by molar-refractivity contribution is 6.06. The Hall–Kier alpha value is -4.00. The summed E-state index contributed by atoms with van der Waals surface area (Å²) in [5.41, 5.74) is 2.88. The van der Waals surface area contributed by atoms with Crippen molar-refractivity contribution >= 4 is 22.5 Å². The summed E-state index contributed by atoms with van der Waals surface area (Å²) in [6.45, 7) is 2.03. The maximum atomic E-state index is 13.4. The minimum Gasteiger partial charge on any atom is -0.493 e. The van der Waals surface area contributed by atoms with Gasteiger partial charge in [-0.3, -0.25) is 14.8 Å². The van der Waals surface area contributed by atoms with Crippen molar-refractivity contribution in [2.24, 2.45) is 0 Å². The van der Waals surface area contributed by atoms with E-state index < -0.39 is 0 Å². The smallest absolute Gasteiger partial charge is 0.257 e. The monoisotopic (exact) mass is 417 g/mol. The molecule has 0 saturated carbocycles. The highest BCUT2D eigenvalue weighted by Gasteiger charge is 2.14. The highest BCUT2D eigenvalue weighted by Crippen LogP contribution is 2.31. The molecular weight excluding hydrogens is 397 g/mol. The molecule has 2 heterocycles. The van der Waals surface area contributed by atoms with Gasteiger partial charge < -0.3 is 14.8 Å². The van der Waals surface area contributed by atoms with Gasteiger partial charge in [-0.1, -0.05) is 6.07 Å². The number of ether oxygens (including phenoxy) is 2. The van der Waals surface area contributed by atoms with E-state index in [-0.39, 0.29) is 11.7 Å². The van der Waals surface area contributed by atoms with Gasteiger partial charge in [0.2, 0.25) is 0 Å². The van der Waals surface area contributed by atoms with Crippen molar-refractivity contribution in [3.63, 3.8) is 0 Å². The summed E-state index contributed by atoms with van der Waals surface area (Å²) in [4.78, 5) is 21.3. The largest absolute Gasteiger partial charge is 0.493 e. The zero-order valence-electron chi connectivity index (χ0n) is 17.1. The lowest BCUT2D eigenvalue weighted by Gasteiger charge is -2.14. The Morgan fingerprint density at radius 3 is 2.74 bits per heavy atom. The predicted octanol–water partition coefficient (Wildman–Crippen LogP) is 4.92. The second-order valence-electron chi connectivity index (χ2n) is 6.93. The van der Waals surface area contributed by atoms with Gasteiger partial charge in [0.25, 0.3) is 5.91 Å². The van der Waals surface area contributed by atoms with Crippen LogP contribution in [0.3, 0.4) is 0 Å². The Bertz CT molecular complexity index is 1250. The molecule has 0 spiro atoms. The van der Waals surface area contributed by atoms with Crippen molar-refractivity contribution in [2.45, 2.75) is 13.5 Å². The summed E-state index contributed by atoms with van der Waals surface area (Å²) >= 11 is 0. The first-order chi connectivity index (χ1) is 15.0. The zero-order valence-corrected chi connectivity index (χ0v) is 17.1. The standard InChI is InChI=1S/C24H20FN3O3/c1-15-20(10-17-5-6-18(25)11-21(17)27-15)24(29)28-19-7-8-22(30-2)23(12-19)31-14-16-4-3-9-26-13-16/h3-13H,14H2,1-2H3,(H,28,29). The summed E-state index contributed by atoms with van der Waals surface area (Å²) in [5, 5.41) is 3.55. The summed E-state index contributed by atoms with van der Waals surface area (Å²) in [5.74, 6) is 0.355. The fourth-order valence-electron chi connectivity index (χ4n) is 3.18. The summed E-state index contributed by atoms with van der Waals surface area (Å²) in [6, 6.07) is 14.9. The first kappa shape index (κ1) is 20.3. The number of benzene rings is 2. The van der Waals surface area contributed by atoms with Crippen molar-refractivity contribution in [3.8, 4) is 11.5 Å². The molecule has 1 amide bonds. The van der Waals surface area contributed by atoms with E-state index in [2.05, 4.69) is 15.3 Å². The molecule has 0 unspecified atom stereocenters. The molecule has 2 aromatic heterocycles. The van der Waals surface area contributed by atoms with Crippen LogP contribution in [-0.4, -0.2) is 23.0 Å². The zero-order chi connectivity index (χ0) is 21.8. The lowest BCUT2D eigenvalue weighted by atomic mass is 10.1. The third-order valence-electron chi connectivity index (χ3n) is 4.75. The lowest BCUT2D eigenvalue weighted by molar-refractivity contribution is 0.102. The molecule has 4 aromatic rings. The van der Waals surface area contributed by atoms with E-state index in [0.717, 1.165) is 5.56 Å². The molecule has 0 saturated heterocycles. The average molecular weight is 417 g/mol. The number of carbonyl (C=O) groups is 1. The molecule has 7 heteroatoms. The van der Waals surface area contributed by atoms with Crippen molar-refractivity contribution in [2.75, 3.05) is 12.4 Å². The number of fused-ring (bicyclic) bond motifs is 1. The molecule has 1 N–H and O–H groups in total. The van der Waals surface area contributed by atoms with Crippen LogP contribution in [0.2, 0.25) is 0 Å². The second kappa shape index (κ2) is 8.79. The Labute approximate surface area is 178 Å². The number of methoxy groups -OCH3 is 1. The quantitative estimate of drug-likeness (QED) is 0.482. The molecule has 0 bridgehead atoms. The topological polar surface area (TPSA) is 73.3 Å². The summed E-state index contributed by atoms with van der Waals surface area (Å²) in [7, 11) is 1.55. The molecule has 2 aromatic carbocycles. The van der Waals surface area contributed by atoms with E-state index in [1.165, 1.54) is 12.1 Å². The number of hydrogen-bond donors (Lipinski definition) is 1. The van der Waals surface area contributed by atoms with Gasteiger partial charge in [0, 0.05) is 41.2 Å². The molecular formula is C24H20FN3O3. The Kier molecular flexibility index (Phi) is 5.75. The van der Waals surface area contributed by atoms with Crippen LogP contribution in [0.1, 0.15) is 21.6 Å². The first-order valence-electron chi connectivity index (χ1n) is 9.61. The number of amides is 1. The molecule has 0 fully saturated rings. The molecule has 4 rings (SSSR count). The molecule has 31 heavy (non-hydrogen) atoms. The predicted molar refractivity (Wildman–Crippen MR) is 116 cm³/mol. The van der Waals surface area contributed by atoms with Gasteiger partial charge in [-0.05, 0) is 43.3 Å². The van der Waals surface area contributed by atoms with Gasteiger partial charge in [-0.15, -0.1) is 0 Å². The van der Waals surface area contributed by atoms with E-state index in [0.29, 0.717) is 46.0 Å². The van der Waals surface area contributed by atoms with Crippen LogP contribution in [-0.2, 0) is 6.61 Å². The molecule has 0 atom stereocenters. The number of rotatable bonds is 6. The van der Waals surface area contributed by atoms with Crippen molar-refractivity contribution in [1.82, 2.24) is 9.97 Å². The van der Waals surface area contributed by atoms with Crippen LogP contribution in [0.25, 0.3) is 10.9 Å². The van der Waals surface area contributed by atoms with Crippen LogP contribution < -0.4 is 14.8 Å². The van der Waals surface area contributed by atoms with Gasteiger partial charge in [-0.25, -0.2) is 4.39 Å². The number of anilines is 1. The third-order valence-corrected chi connectivity index (χ3v) is 4.75. The number of nitrogens with one attached hydrogen (secondary N) is 1. The maximum Gasteiger partial charge on any atom is 0.257 e. The van der Waals surface area contributed by atoms with Crippen LogP contribution in [0.15, 0.2) is 67.0 Å². The fourth-order valence-corrected chi connectivity index (χ4v) is 3.18. The third kappa shape index (κ3) is 4.61. The Morgan fingerprint density at radius 1 is 1.10 bits per heavy atom. The number of carbonyl (C=O) groups excluding carboxylic acids is 1. The van der Waals surface area contributed by atoms with Crippen LogP contribution >= 0.6 is 0 Å². The number of aromatic nitrogens is 2. The van der Waals surface area contributed by atoms with Crippen LogP contribution in [0.5, 0.6) is 11.5 Å². The maximum absolute atomic E-state index is 13.4. The van der Waals surface area contributed by atoms with Gasteiger partial charge in [0.15, 0.2) is 11.5 Å². The lowest BCUT2D eigenvalue weighted by Crippen LogP contribution is -2.14. The molecule has 156 valence electrons. The first-order valence-corrected chi connectivity index (χ1v) is 9.61. The average Bonchev–Trinajstić information content (AvgIpc) is 2.78. The number of halogens is 1. The van der Waals surface area contributed by atoms with Crippen molar-refractivity contribution in [3.05, 3.63) is 89.6 Å². The SMILES string of the molecule is COc1ccc(NC(=O)c2cc3ccc(F)cc3nc2C)cc1OCc1cccnc1. The number of hydrogen-bond acceptors (Lipinski definition) is 5. The minimum atomic E-state index is -0.367. The second-order valence-corrected chi connectivity index (χ2v) is 6.93. The van der Waals surface area contributed by atoms with Gasteiger partial charge in [0.05, 0.1) is 23.9 Å². The van der Waals surface area contributed by atoms with Gasteiger partial charge >= 0.3 is 0 Å². The van der Waals surface area contributed by atoms with E-state index >= 15 is 0 Å². The van der Waals surface area contributed by atoms with Crippen molar-refractivity contribution < 1.29 is 18.7 Å². The van der Waals surface area contributed by atoms with Crippen molar-refractivity contribution in [1.29, 1.82) is 0 Å². The minimum absolute atomic E-state index is 0.311. The molecule has 6 nitrogen and oxygen atoms in total. The Balaban J connectivity index is 1.56. The summed E-state index contributed by atoms with van der Waals surface area (Å²) in [6.07, 6.45) is 3.42. The highest BCUT2D eigenvalue weighted by atomic mass is 19.1. The van der Waals surface area contributed by atoms with Crippen LogP contribution in [0, 0.1) is 12.7 Å². The van der Waals surface area contributed by atoms with E-state index in [4.69, 9.17) is 9.47 Å². The molecule has 0 aliphatic carbocycles. The van der Waals surface area contributed by atoms with Crippen LogP contribution in [0.4, 0.5) is 10.1 Å². The fraction of sp³-hybridized carbons (Fsp3) is 0.125. The number of pyridine rings is 2. The Morgan fingerprint density at radius 2 is 1.97 bits per heavy atom. The van der Waals surface area contributed by atoms with E-state index in [1.54, 1.807) is 56.8 Å². The van der Waals surface area contributed by atoms with E-state index in [9.17, 15) is 9.18 Å². The van der Waals surface area contributed by atoms with E-state index in [1.807, 2.05) is 12.1 Å². The molecule has 0 aliphatic heterocycles. The van der Waals surface area contributed by atoms with Gasteiger partial charge in [0.1, 0.15) is 12.4 Å². The van der Waals surface area contributed by atoms with Gasteiger partial charge in [-0.2, -0.15) is 0 Å².